The van der Waals surface area contributed by atoms with Crippen LogP contribution in [0.4, 0.5) is 0 Å². The van der Waals surface area contributed by atoms with Gasteiger partial charge in [-0.3, -0.25) is 4.79 Å². The molecule has 0 aliphatic carbocycles. The van der Waals surface area contributed by atoms with Gasteiger partial charge in [-0.2, -0.15) is 0 Å². The number of fused-ring (bicyclic) bond motifs is 3. The summed E-state index contributed by atoms with van der Waals surface area (Å²) >= 11 is 0. The molecule has 1 aliphatic rings. The molecule has 4 heteroatoms. The third-order valence-electron chi connectivity index (χ3n) is 3.88. The van der Waals surface area contributed by atoms with E-state index in [1.165, 1.54) is 0 Å². The van der Waals surface area contributed by atoms with Crippen molar-refractivity contribution in [2.45, 2.75) is 38.7 Å². The Hall–Kier alpha value is -2.10. The quantitative estimate of drug-likeness (QED) is 0.621. The van der Waals surface area contributed by atoms with Gasteiger partial charge in [-0.15, -0.1) is 0 Å². The number of hydrogen-bond acceptors (Lipinski definition) is 4. The van der Waals surface area contributed by atoms with E-state index in [0.717, 1.165) is 10.9 Å². The molecule has 1 aromatic heterocycles. The second-order valence-corrected chi connectivity index (χ2v) is 5.01. The molecule has 1 aromatic carbocycles. The standard InChI is InChI=1S/C16H16O4/c1-3-9-13-10-7-5-6-8-12(10)20-16(18)14(13)11(4-2)19-15(9)17/h5-9,11H,3-4H2,1-2H3. The van der Waals surface area contributed by atoms with E-state index in [2.05, 4.69) is 0 Å². The van der Waals surface area contributed by atoms with Gasteiger partial charge in [0.1, 0.15) is 11.7 Å². The van der Waals surface area contributed by atoms with E-state index in [0.29, 0.717) is 24.0 Å². The summed E-state index contributed by atoms with van der Waals surface area (Å²) in [5, 5.41) is 0.837. The molecule has 0 fully saturated rings. The summed E-state index contributed by atoms with van der Waals surface area (Å²) in [5.41, 5.74) is 1.44. The summed E-state index contributed by atoms with van der Waals surface area (Å²) in [6.45, 7) is 3.81. The molecule has 2 atom stereocenters. The van der Waals surface area contributed by atoms with Crippen molar-refractivity contribution < 1.29 is 13.9 Å². The number of cyclic esters (lactones) is 1. The molecule has 0 saturated carbocycles. The topological polar surface area (TPSA) is 56.5 Å². The van der Waals surface area contributed by atoms with E-state index in [1.54, 1.807) is 6.07 Å². The van der Waals surface area contributed by atoms with E-state index in [9.17, 15) is 9.59 Å². The minimum absolute atomic E-state index is 0.248. The molecule has 0 radical (unpaired) electrons. The van der Waals surface area contributed by atoms with Crippen molar-refractivity contribution in [2.75, 3.05) is 0 Å². The molecule has 0 bridgehead atoms. The Morgan fingerprint density at radius 1 is 1.05 bits per heavy atom. The van der Waals surface area contributed by atoms with Crippen LogP contribution >= 0.6 is 0 Å². The van der Waals surface area contributed by atoms with Crippen LogP contribution < -0.4 is 5.63 Å². The fourth-order valence-electron chi connectivity index (χ4n) is 2.93. The summed E-state index contributed by atoms with van der Waals surface area (Å²) in [5.74, 6) is -0.635. The van der Waals surface area contributed by atoms with Gasteiger partial charge in [0.15, 0.2) is 0 Å². The number of ether oxygens (including phenoxy) is 1. The molecule has 104 valence electrons. The molecule has 2 unspecified atom stereocenters. The predicted molar refractivity (Wildman–Crippen MR) is 74.6 cm³/mol. The van der Waals surface area contributed by atoms with Gasteiger partial charge in [0, 0.05) is 5.39 Å². The molecule has 4 nitrogen and oxygen atoms in total. The lowest BCUT2D eigenvalue weighted by molar-refractivity contribution is -0.153. The first-order chi connectivity index (χ1) is 9.67. The first-order valence-corrected chi connectivity index (χ1v) is 6.93. The van der Waals surface area contributed by atoms with Crippen molar-refractivity contribution in [1.82, 2.24) is 0 Å². The SMILES string of the molecule is CCC1OC(=O)C(CC)c2c1c(=O)oc1ccccc21. The van der Waals surface area contributed by atoms with Crippen molar-refractivity contribution in [1.29, 1.82) is 0 Å². The summed E-state index contributed by atoms with van der Waals surface area (Å²) < 4.78 is 10.8. The number of esters is 1. The van der Waals surface area contributed by atoms with E-state index in [1.807, 2.05) is 32.0 Å². The maximum Gasteiger partial charge on any atom is 0.343 e. The zero-order valence-corrected chi connectivity index (χ0v) is 11.5. The molecule has 0 saturated heterocycles. The Labute approximate surface area is 116 Å². The van der Waals surface area contributed by atoms with Crippen molar-refractivity contribution in [2.24, 2.45) is 0 Å². The highest BCUT2D eigenvalue weighted by atomic mass is 16.5. The average Bonchev–Trinajstić information content (AvgIpc) is 2.46. The van der Waals surface area contributed by atoms with E-state index in [4.69, 9.17) is 9.15 Å². The highest BCUT2D eigenvalue weighted by Crippen LogP contribution is 2.39. The van der Waals surface area contributed by atoms with Crippen LogP contribution in [0.1, 0.15) is 49.8 Å². The molecular formula is C16H16O4. The van der Waals surface area contributed by atoms with Crippen LogP contribution in [-0.4, -0.2) is 5.97 Å². The second kappa shape index (κ2) is 4.78. The van der Waals surface area contributed by atoms with Crippen LogP contribution in [0.5, 0.6) is 0 Å². The molecule has 0 spiro atoms. The minimum Gasteiger partial charge on any atom is -0.457 e. The molecule has 2 aromatic rings. The smallest absolute Gasteiger partial charge is 0.343 e. The summed E-state index contributed by atoms with van der Waals surface area (Å²) in [7, 11) is 0. The molecule has 0 amide bonds. The third-order valence-corrected chi connectivity index (χ3v) is 3.88. The fraction of sp³-hybridized carbons (Fsp3) is 0.375. The zero-order valence-electron chi connectivity index (χ0n) is 11.5. The number of para-hydroxylation sites is 1. The molecular weight excluding hydrogens is 256 g/mol. The lowest BCUT2D eigenvalue weighted by atomic mass is 9.85. The average molecular weight is 272 g/mol. The van der Waals surface area contributed by atoms with Gasteiger partial charge in [0.05, 0.1) is 11.5 Å². The Kier molecular flexibility index (Phi) is 3.08. The van der Waals surface area contributed by atoms with Crippen LogP contribution in [0, 0.1) is 0 Å². The number of carbonyl (C=O) groups is 1. The Balaban J connectivity index is 2.42. The molecule has 3 rings (SSSR count). The first kappa shape index (κ1) is 12.9. The van der Waals surface area contributed by atoms with Gasteiger partial charge < -0.3 is 9.15 Å². The van der Waals surface area contributed by atoms with Crippen molar-refractivity contribution in [3.8, 4) is 0 Å². The van der Waals surface area contributed by atoms with Crippen molar-refractivity contribution in [3.05, 3.63) is 45.8 Å². The summed E-state index contributed by atoms with van der Waals surface area (Å²) in [6.07, 6.45) is 0.676. The number of rotatable bonds is 2. The number of carbonyl (C=O) groups excluding carboxylic acids is 1. The Bertz CT molecular complexity index is 729. The highest BCUT2D eigenvalue weighted by molar-refractivity contribution is 5.90. The normalized spacial score (nSPS) is 21.6. The summed E-state index contributed by atoms with van der Waals surface area (Å²) in [6, 6.07) is 7.35. The predicted octanol–water partition coefficient (Wildman–Crippen LogP) is 3.29. The van der Waals surface area contributed by atoms with Crippen molar-refractivity contribution >= 4 is 16.9 Å². The van der Waals surface area contributed by atoms with Gasteiger partial charge in [-0.1, -0.05) is 32.0 Å². The lowest BCUT2D eigenvalue weighted by Crippen LogP contribution is -2.31. The van der Waals surface area contributed by atoms with E-state index < -0.39 is 11.7 Å². The van der Waals surface area contributed by atoms with Crippen LogP contribution in [0.2, 0.25) is 0 Å². The van der Waals surface area contributed by atoms with Gasteiger partial charge in [-0.05, 0) is 24.5 Å². The largest absolute Gasteiger partial charge is 0.457 e. The molecule has 1 aliphatic heterocycles. The molecule has 0 N–H and O–H groups in total. The van der Waals surface area contributed by atoms with Crippen LogP contribution in [0.15, 0.2) is 33.5 Å². The zero-order chi connectivity index (χ0) is 14.3. The minimum atomic E-state index is -0.499. The van der Waals surface area contributed by atoms with Gasteiger partial charge in [0.25, 0.3) is 0 Å². The monoisotopic (exact) mass is 272 g/mol. The van der Waals surface area contributed by atoms with Gasteiger partial charge >= 0.3 is 11.6 Å². The Morgan fingerprint density at radius 3 is 2.50 bits per heavy atom. The maximum atomic E-state index is 12.3. The Morgan fingerprint density at radius 2 is 1.80 bits per heavy atom. The van der Waals surface area contributed by atoms with Gasteiger partial charge in [0.2, 0.25) is 0 Å². The second-order valence-electron chi connectivity index (χ2n) is 5.01. The third kappa shape index (κ3) is 1.75. The number of benzene rings is 1. The summed E-state index contributed by atoms with van der Waals surface area (Å²) in [4.78, 5) is 24.4. The highest BCUT2D eigenvalue weighted by Gasteiger charge is 2.37. The fourth-order valence-corrected chi connectivity index (χ4v) is 2.93. The van der Waals surface area contributed by atoms with E-state index >= 15 is 0 Å². The van der Waals surface area contributed by atoms with Crippen LogP contribution in [0.3, 0.4) is 0 Å². The van der Waals surface area contributed by atoms with E-state index in [-0.39, 0.29) is 11.9 Å². The first-order valence-electron chi connectivity index (χ1n) is 6.93. The number of hydrogen-bond donors (Lipinski definition) is 0. The molecule has 20 heavy (non-hydrogen) atoms. The maximum absolute atomic E-state index is 12.3. The van der Waals surface area contributed by atoms with Crippen LogP contribution in [-0.2, 0) is 9.53 Å². The van der Waals surface area contributed by atoms with Crippen molar-refractivity contribution in [3.63, 3.8) is 0 Å². The van der Waals surface area contributed by atoms with Gasteiger partial charge in [-0.25, -0.2) is 4.79 Å². The lowest BCUT2D eigenvalue weighted by Gasteiger charge is -2.29. The van der Waals surface area contributed by atoms with Crippen LogP contribution in [0.25, 0.3) is 11.0 Å². The molecule has 2 heterocycles.